The molecule has 4 heteroatoms. The highest BCUT2D eigenvalue weighted by molar-refractivity contribution is 5.78. The van der Waals surface area contributed by atoms with E-state index in [0.717, 1.165) is 55.5 Å². The van der Waals surface area contributed by atoms with Crippen molar-refractivity contribution in [1.29, 1.82) is 0 Å². The summed E-state index contributed by atoms with van der Waals surface area (Å²) in [7, 11) is 0. The predicted octanol–water partition coefficient (Wildman–Crippen LogP) is 3.87. The van der Waals surface area contributed by atoms with Crippen LogP contribution in [0.25, 0.3) is 11.0 Å². The molecule has 4 nitrogen and oxygen atoms in total. The Kier molecular flexibility index (Phi) is 5.05. The first kappa shape index (κ1) is 17.3. The fourth-order valence-electron chi connectivity index (χ4n) is 4.06. The van der Waals surface area contributed by atoms with Gasteiger partial charge in [0.25, 0.3) is 0 Å². The van der Waals surface area contributed by atoms with Gasteiger partial charge in [-0.2, -0.15) is 0 Å². The Morgan fingerprint density at radius 2 is 1.81 bits per heavy atom. The second-order valence-corrected chi connectivity index (χ2v) is 7.41. The summed E-state index contributed by atoms with van der Waals surface area (Å²) in [6.07, 6.45) is 6.85. The fraction of sp³-hybridized carbons (Fsp3) is 0.409. The number of hydrogen-bond donors (Lipinski definition) is 2. The summed E-state index contributed by atoms with van der Waals surface area (Å²) in [5, 5.41) is 10.9. The van der Waals surface area contributed by atoms with Gasteiger partial charge in [-0.25, -0.2) is 4.98 Å². The number of aryl methyl sites for hydroxylation is 1. The summed E-state index contributed by atoms with van der Waals surface area (Å²) in [6.45, 7) is 3.06. The van der Waals surface area contributed by atoms with Gasteiger partial charge in [-0.05, 0) is 55.8 Å². The molecule has 0 spiro atoms. The lowest BCUT2D eigenvalue weighted by molar-refractivity contribution is -0.0260. The van der Waals surface area contributed by atoms with E-state index >= 15 is 0 Å². The summed E-state index contributed by atoms with van der Waals surface area (Å²) < 4.78 is 0. The third-order valence-corrected chi connectivity index (χ3v) is 5.70. The molecular formula is C22H27N3O. The van der Waals surface area contributed by atoms with E-state index in [1.165, 1.54) is 18.4 Å². The highest BCUT2D eigenvalue weighted by Gasteiger charge is 2.33. The average Bonchev–Trinajstić information content (AvgIpc) is 3.17. The van der Waals surface area contributed by atoms with Crippen molar-refractivity contribution >= 4 is 11.0 Å². The number of unbranched alkanes of at least 4 members (excludes halogenated alkanes) is 1. The number of para-hydroxylation sites is 1. The van der Waals surface area contributed by atoms with Gasteiger partial charge in [0.2, 0.25) is 0 Å². The van der Waals surface area contributed by atoms with Crippen LogP contribution < -0.4 is 0 Å². The molecule has 26 heavy (non-hydrogen) atoms. The number of likely N-dealkylation sites (tertiary alicyclic amines) is 1. The van der Waals surface area contributed by atoms with Gasteiger partial charge >= 0.3 is 0 Å². The van der Waals surface area contributed by atoms with Crippen LogP contribution in [0.3, 0.4) is 0 Å². The van der Waals surface area contributed by atoms with Crippen LogP contribution in [0.2, 0.25) is 0 Å². The molecule has 0 unspecified atom stereocenters. The molecule has 4 rings (SSSR count). The largest absolute Gasteiger partial charge is 0.385 e. The zero-order valence-corrected chi connectivity index (χ0v) is 15.2. The van der Waals surface area contributed by atoms with Crippen molar-refractivity contribution in [3.63, 3.8) is 0 Å². The van der Waals surface area contributed by atoms with E-state index in [1.54, 1.807) is 6.33 Å². The van der Waals surface area contributed by atoms with E-state index in [4.69, 9.17) is 0 Å². The molecule has 0 bridgehead atoms. The molecule has 0 saturated carbocycles. The number of benzene rings is 2. The number of nitrogens with zero attached hydrogens (tertiary/aromatic N) is 2. The predicted molar refractivity (Wildman–Crippen MR) is 105 cm³/mol. The Bertz CT molecular complexity index is 835. The summed E-state index contributed by atoms with van der Waals surface area (Å²) >= 11 is 0. The number of aliphatic hydroxyl groups is 1. The molecule has 1 aliphatic rings. The molecule has 136 valence electrons. The van der Waals surface area contributed by atoms with Gasteiger partial charge in [-0.15, -0.1) is 0 Å². The first-order valence-corrected chi connectivity index (χ1v) is 9.66. The number of piperidine rings is 1. The van der Waals surface area contributed by atoms with Crippen LogP contribution in [0.5, 0.6) is 0 Å². The number of rotatable bonds is 6. The highest BCUT2D eigenvalue weighted by Crippen LogP contribution is 2.32. The number of H-pyrrole nitrogens is 1. The van der Waals surface area contributed by atoms with Crippen molar-refractivity contribution in [3.8, 4) is 0 Å². The molecule has 1 saturated heterocycles. The molecule has 2 N–H and O–H groups in total. The van der Waals surface area contributed by atoms with Crippen molar-refractivity contribution in [2.75, 3.05) is 19.6 Å². The van der Waals surface area contributed by atoms with Crippen LogP contribution in [0, 0.1) is 0 Å². The first-order valence-electron chi connectivity index (χ1n) is 9.66. The van der Waals surface area contributed by atoms with Crippen molar-refractivity contribution in [1.82, 2.24) is 14.9 Å². The Hall–Kier alpha value is -2.17. The Morgan fingerprint density at radius 1 is 1.00 bits per heavy atom. The maximum absolute atomic E-state index is 10.9. The summed E-state index contributed by atoms with van der Waals surface area (Å²) in [5.74, 6) is 0. The molecule has 1 aliphatic heterocycles. The molecule has 1 fully saturated rings. The number of imidazole rings is 1. The first-order chi connectivity index (χ1) is 12.7. The van der Waals surface area contributed by atoms with Gasteiger partial charge in [0.1, 0.15) is 0 Å². The lowest BCUT2D eigenvalue weighted by Gasteiger charge is -2.38. The normalized spacial score (nSPS) is 17.6. The van der Waals surface area contributed by atoms with Crippen molar-refractivity contribution in [3.05, 3.63) is 66.0 Å². The lowest BCUT2D eigenvalue weighted by Crippen LogP contribution is -2.42. The Balaban J connectivity index is 1.24. The molecule has 3 aromatic rings. The molecule has 1 aromatic heterocycles. The van der Waals surface area contributed by atoms with Crippen LogP contribution in [-0.2, 0) is 12.0 Å². The maximum atomic E-state index is 10.9. The summed E-state index contributed by atoms with van der Waals surface area (Å²) in [6, 6.07) is 16.5. The Morgan fingerprint density at radius 3 is 2.62 bits per heavy atom. The summed E-state index contributed by atoms with van der Waals surface area (Å²) in [4.78, 5) is 10.1. The van der Waals surface area contributed by atoms with Gasteiger partial charge < -0.3 is 15.0 Å². The van der Waals surface area contributed by atoms with E-state index < -0.39 is 5.60 Å². The second kappa shape index (κ2) is 7.60. The minimum absolute atomic E-state index is 0.645. The van der Waals surface area contributed by atoms with Gasteiger partial charge in [0.05, 0.1) is 23.0 Å². The zero-order chi connectivity index (χ0) is 17.8. The standard InChI is InChI=1S/C22H27N3O/c26-22(19-9-2-1-3-10-19)12-15-25(16-13-22)14-5-4-7-18-8-6-11-20-21(18)24-17-23-20/h1-3,6,8-11,17,26H,4-5,7,12-16H2,(H,23,24). The number of aromatic nitrogens is 2. The van der Waals surface area contributed by atoms with Crippen molar-refractivity contribution in [2.24, 2.45) is 0 Å². The minimum Gasteiger partial charge on any atom is -0.385 e. The summed E-state index contributed by atoms with van der Waals surface area (Å²) in [5.41, 5.74) is 3.98. The van der Waals surface area contributed by atoms with Crippen LogP contribution in [0.4, 0.5) is 0 Å². The molecule has 2 heterocycles. The second-order valence-electron chi connectivity index (χ2n) is 7.41. The topological polar surface area (TPSA) is 52.1 Å². The van der Waals surface area contributed by atoms with Crippen LogP contribution in [0.15, 0.2) is 54.9 Å². The van der Waals surface area contributed by atoms with Gasteiger partial charge in [0, 0.05) is 13.1 Å². The average molecular weight is 349 g/mol. The maximum Gasteiger partial charge on any atom is 0.0931 e. The quantitative estimate of drug-likeness (QED) is 0.664. The van der Waals surface area contributed by atoms with Crippen molar-refractivity contribution < 1.29 is 5.11 Å². The SMILES string of the molecule is OC1(c2ccccc2)CCN(CCCCc2cccc3[nH]cnc23)CC1. The van der Waals surface area contributed by atoms with E-state index in [2.05, 4.69) is 33.1 Å². The van der Waals surface area contributed by atoms with Crippen LogP contribution in [0.1, 0.15) is 36.8 Å². The molecule has 2 aromatic carbocycles. The van der Waals surface area contributed by atoms with Crippen LogP contribution >= 0.6 is 0 Å². The third kappa shape index (κ3) is 3.67. The van der Waals surface area contributed by atoms with E-state index in [0.29, 0.717) is 0 Å². The number of nitrogens with one attached hydrogen (secondary N) is 1. The van der Waals surface area contributed by atoms with E-state index in [-0.39, 0.29) is 0 Å². The van der Waals surface area contributed by atoms with Crippen molar-refractivity contribution in [2.45, 2.75) is 37.7 Å². The minimum atomic E-state index is -0.645. The Labute approximate surface area is 154 Å². The van der Waals surface area contributed by atoms with E-state index in [9.17, 15) is 5.11 Å². The molecule has 0 aliphatic carbocycles. The molecule has 0 amide bonds. The van der Waals surface area contributed by atoms with Gasteiger partial charge in [-0.1, -0.05) is 42.5 Å². The van der Waals surface area contributed by atoms with Gasteiger partial charge in [-0.3, -0.25) is 0 Å². The lowest BCUT2D eigenvalue weighted by atomic mass is 9.84. The third-order valence-electron chi connectivity index (χ3n) is 5.70. The monoisotopic (exact) mass is 349 g/mol. The van der Waals surface area contributed by atoms with Crippen LogP contribution in [-0.4, -0.2) is 39.6 Å². The smallest absolute Gasteiger partial charge is 0.0931 e. The number of aromatic amines is 1. The van der Waals surface area contributed by atoms with E-state index in [1.807, 2.05) is 30.3 Å². The number of fused-ring (bicyclic) bond motifs is 1. The van der Waals surface area contributed by atoms with Gasteiger partial charge in [0.15, 0.2) is 0 Å². The number of hydrogen-bond acceptors (Lipinski definition) is 3. The zero-order valence-electron chi connectivity index (χ0n) is 15.2. The molecule has 0 radical (unpaired) electrons. The molecular weight excluding hydrogens is 322 g/mol. The fourth-order valence-corrected chi connectivity index (χ4v) is 4.06. The molecule has 0 atom stereocenters. The highest BCUT2D eigenvalue weighted by atomic mass is 16.3.